The molecule has 0 bridgehead atoms. The van der Waals surface area contributed by atoms with E-state index in [-0.39, 0.29) is 11.7 Å². The van der Waals surface area contributed by atoms with Crippen molar-refractivity contribution in [2.75, 3.05) is 11.4 Å². The Labute approximate surface area is 109 Å². The van der Waals surface area contributed by atoms with Crippen LogP contribution in [0.5, 0.6) is 0 Å². The van der Waals surface area contributed by atoms with Gasteiger partial charge in [0.15, 0.2) is 0 Å². The first-order valence-corrected chi connectivity index (χ1v) is 6.47. The van der Waals surface area contributed by atoms with Crippen molar-refractivity contribution in [3.8, 4) is 0 Å². The fourth-order valence-electron chi connectivity index (χ4n) is 2.16. The highest BCUT2D eigenvalue weighted by Crippen LogP contribution is 2.30. The molecule has 0 aliphatic carbocycles. The molecule has 2 rings (SSSR count). The van der Waals surface area contributed by atoms with Crippen molar-refractivity contribution in [2.45, 2.75) is 19.8 Å². The number of benzene rings is 1. The topological polar surface area (TPSA) is 37.4 Å². The lowest BCUT2D eigenvalue weighted by atomic mass is 9.93. The minimum atomic E-state index is -0.462. The average molecular weight is 296 g/mol. The van der Waals surface area contributed by atoms with E-state index < -0.39 is 5.92 Å². The quantitative estimate of drug-likeness (QED) is 0.787. The van der Waals surface area contributed by atoms with Crippen LogP contribution < -0.4 is 4.90 Å². The summed E-state index contributed by atoms with van der Waals surface area (Å²) in [5, 5.41) is 0. The molecule has 1 saturated heterocycles. The van der Waals surface area contributed by atoms with Gasteiger partial charge in [0.05, 0.1) is 11.6 Å². The number of piperidine rings is 1. The molecule has 0 radical (unpaired) electrons. The Morgan fingerprint density at radius 3 is 2.76 bits per heavy atom. The van der Waals surface area contributed by atoms with Gasteiger partial charge in [-0.2, -0.15) is 0 Å². The summed E-state index contributed by atoms with van der Waals surface area (Å²) in [6, 6.07) is 7.60. The van der Waals surface area contributed by atoms with Gasteiger partial charge in [-0.1, -0.05) is 12.1 Å². The van der Waals surface area contributed by atoms with Crippen LogP contribution in [0.2, 0.25) is 0 Å². The number of anilines is 1. The number of halogens is 1. The summed E-state index contributed by atoms with van der Waals surface area (Å²) in [4.78, 5) is 25.3. The number of rotatable bonds is 2. The number of ketones is 1. The molecule has 0 aromatic heterocycles. The molecule has 17 heavy (non-hydrogen) atoms. The Hall–Kier alpha value is -1.16. The third kappa shape index (κ3) is 2.41. The molecule has 1 unspecified atom stereocenters. The largest absolute Gasteiger partial charge is 0.311 e. The van der Waals surface area contributed by atoms with Crippen LogP contribution in [0.1, 0.15) is 19.8 Å². The lowest BCUT2D eigenvalue weighted by molar-refractivity contribution is -0.132. The predicted octanol–water partition coefficient (Wildman–Crippen LogP) is 2.78. The van der Waals surface area contributed by atoms with E-state index >= 15 is 0 Å². The van der Waals surface area contributed by atoms with E-state index in [1.807, 2.05) is 24.3 Å². The molecule has 3 nitrogen and oxygen atoms in total. The van der Waals surface area contributed by atoms with Crippen LogP contribution in [0.15, 0.2) is 28.7 Å². The predicted molar refractivity (Wildman–Crippen MR) is 69.9 cm³/mol. The van der Waals surface area contributed by atoms with Gasteiger partial charge in [0.25, 0.3) is 0 Å². The number of hydrogen-bond donors (Lipinski definition) is 0. The van der Waals surface area contributed by atoms with E-state index in [9.17, 15) is 9.59 Å². The van der Waals surface area contributed by atoms with Crippen LogP contribution in [0, 0.1) is 5.92 Å². The minimum absolute atomic E-state index is 0.0354. The number of carbonyl (C=O) groups excluding carboxylic acids is 2. The van der Waals surface area contributed by atoms with Gasteiger partial charge in [-0.15, -0.1) is 0 Å². The highest BCUT2D eigenvalue weighted by molar-refractivity contribution is 9.10. The zero-order valence-electron chi connectivity index (χ0n) is 9.65. The van der Waals surface area contributed by atoms with E-state index in [0.29, 0.717) is 13.0 Å². The maximum atomic E-state index is 12.2. The van der Waals surface area contributed by atoms with Crippen molar-refractivity contribution in [3.05, 3.63) is 28.7 Å². The van der Waals surface area contributed by atoms with Gasteiger partial charge in [0, 0.05) is 11.0 Å². The van der Waals surface area contributed by atoms with E-state index in [1.54, 1.807) is 4.90 Å². The fraction of sp³-hybridized carbons (Fsp3) is 0.385. The van der Waals surface area contributed by atoms with Crippen LogP contribution in [0.25, 0.3) is 0 Å². The second-order valence-corrected chi connectivity index (χ2v) is 5.10. The molecule has 1 fully saturated rings. The average Bonchev–Trinajstić information content (AvgIpc) is 2.30. The molecule has 0 spiro atoms. The molecule has 0 saturated carbocycles. The second-order valence-electron chi connectivity index (χ2n) is 4.25. The first-order chi connectivity index (χ1) is 8.11. The van der Waals surface area contributed by atoms with Crippen molar-refractivity contribution in [2.24, 2.45) is 5.92 Å². The van der Waals surface area contributed by atoms with E-state index in [0.717, 1.165) is 16.6 Å². The van der Waals surface area contributed by atoms with Crippen LogP contribution in [-0.2, 0) is 9.59 Å². The smallest absolute Gasteiger partial charge is 0.237 e. The van der Waals surface area contributed by atoms with Crippen molar-refractivity contribution in [3.63, 3.8) is 0 Å². The molecule has 1 aliphatic heterocycles. The normalized spacial score (nSPS) is 20.5. The van der Waals surface area contributed by atoms with Gasteiger partial charge in [0.1, 0.15) is 5.78 Å². The fourth-order valence-corrected chi connectivity index (χ4v) is 2.66. The maximum Gasteiger partial charge on any atom is 0.237 e. The molecule has 1 aliphatic rings. The van der Waals surface area contributed by atoms with Crippen LogP contribution in [0.3, 0.4) is 0 Å². The van der Waals surface area contributed by atoms with E-state index in [1.165, 1.54) is 6.92 Å². The Kier molecular flexibility index (Phi) is 3.62. The van der Waals surface area contributed by atoms with Crippen molar-refractivity contribution in [1.82, 2.24) is 0 Å². The summed E-state index contributed by atoms with van der Waals surface area (Å²) in [6.45, 7) is 2.18. The number of amides is 1. The van der Waals surface area contributed by atoms with E-state index in [4.69, 9.17) is 0 Å². The first kappa shape index (κ1) is 12.3. The number of carbonyl (C=O) groups is 2. The molecule has 90 valence electrons. The van der Waals surface area contributed by atoms with Crippen LogP contribution in [0.4, 0.5) is 5.69 Å². The molecule has 1 aromatic carbocycles. The molecule has 4 heteroatoms. The van der Waals surface area contributed by atoms with Crippen molar-refractivity contribution >= 4 is 33.3 Å². The lowest BCUT2D eigenvalue weighted by Gasteiger charge is -2.31. The summed E-state index contributed by atoms with van der Waals surface area (Å²) >= 11 is 3.44. The minimum Gasteiger partial charge on any atom is -0.311 e. The third-order valence-corrected chi connectivity index (χ3v) is 3.74. The molecule has 1 amide bonds. The van der Waals surface area contributed by atoms with Crippen LogP contribution >= 0.6 is 15.9 Å². The zero-order valence-corrected chi connectivity index (χ0v) is 11.2. The van der Waals surface area contributed by atoms with Gasteiger partial charge in [-0.05, 0) is 47.8 Å². The van der Waals surface area contributed by atoms with Crippen molar-refractivity contribution < 1.29 is 9.59 Å². The maximum absolute atomic E-state index is 12.2. The highest BCUT2D eigenvalue weighted by atomic mass is 79.9. The SMILES string of the molecule is CC(=O)C1CCCN(c2ccccc2Br)C1=O. The standard InChI is InChI=1S/C13H14BrNO2/c1-9(16)10-5-4-8-15(13(10)17)12-7-3-2-6-11(12)14/h2-3,6-7,10H,4-5,8H2,1H3. The highest BCUT2D eigenvalue weighted by Gasteiger charge is 2.33. The number of Topliss-reactive ketones (excluding diaryl/α,β-unsaturated/α-hetero) is 1. The summed E-state index contributed by atoms with van der Waals surface area (Å²) in [5.41, 5.74) is 0.850. The molecular formula is C13H14BrNO2. The third-order valence-electron chi connectivity index (χ3n) is 3.07. The van der Waals surface area contributed by atoms with Crippen LogP contribution in [-0.4, -0.2) is 18.2 Å². The first-order valence-electron chi connectivity index (χ1n) is 5.67. The lowest BCUT2D eigenvalue weighted by Crippen LogP contribution is -2.43. The number of hydrogen-bond acceptors (Lipinski definition) is 2. The summed E-state index contributed by atoms with van der Waals surface area (Å²) in [5.74, 6) is -0.571. The molecule has 1 aromatic rings. The summed E-state index contributed by atoms with van der Waals surface area (Å²) in [6.07, 6.45) is 1.55. The Morgan fingerprint density at radius 1 is 1.41 bits per heavy atom. The van der Waals surface area contributed by atoms with Gasteiger partial charge in [-0.3, -0.25) is 9.59 Å². The number of para-hydroxylation sites is 1. The monoisotopic (exact) mass is 295 g/mol. The number of nitrogens with zero attached hydrogens (tertiary/aromatic N) is 1. The second kappa shape index (κ2) is 5.00. The van der Waals surface area contributed by atoms with Gasteiger partial charge in [0.2, 0.25) is 5.91 Å². The Morgan fingerprint density at radius 2 is 2.12 bits per heavy atom. The van der Waals surface area contributed by atoms with Gasteiger partial charge >= 0.3 is 0 Å². The molecule has 1 heterocycles. The Bertz CT molecular complexity index is 458. The zero-order chi connectivity index (χ0) is 12.4. The summed E-state index contributed by atoms with van der Waals surface area (Å²) < 4.78 is 0.887. The molecular weight excluding hydrogens is 282 g/mol. The van der Waals surface area contributed by atoms with Crippen molar-refractivity contribution in [1.29, 1.82) is 0 Å². The molecule has 1 atom stereocenters. The van der Waals surface area contributed by atoms with E-state index in [2.05, 4.69) is 15.9 Å². The summed E-state index contributed by atoms with van der Waals surface area (Å²) in [7, 11) is 0. The van der Waals surface area contributed by atoms with Gasteiger partial charge < -0.3 is 4.90 Å². The Balaban J connectivity index is 2.30. The van der Waals surface area contributed by atoms with Gasteiger partial charge in [-0.25, -0.2) is 0 Å². The molecule has 0 N–H and O–H groups in total.